The van der Waals surface area contributed by atoms with Crippen LogP contribution in [0.2, 0.25) is 0 Å². The van der Waals surface area contributed by atoms with E-state index in [1.807, 2.05) is 37.3 Å². The largest absolute Gasteiger partial charge is 0.497 e. The number of benzene rings is 2. The lowest BCUT2D eigenvalue weighted by atomic mass is 10.0. The molecule has 1 saturated heterocycles. The summed E-state index contributed by atoms with van der Waals surface area (Å²) in [7, 11) is 1.61. The van der Waals surface area contributed by atoms with Crippen molar-refractivity contribution >= 4 is 35.6 Å². The quantitative estimate of drug-likeness (QED) is 0.283. The molecule has 1 aliphatic rings. The predicted octanol–water partition coefficient (Wildman–Crippen LogP) is 3.71. The first-order chi connectivity index (χ1) is 14.6. The maximum Gasteiger partial charge on any atom is 0.191 e. The van der Waals surface area contributed by atoms with Crippen molar-refractivity contribution in [3.8, 4) is 5.75 Å². The normalized spacial score (nSPS) is 17.5. The van der Waals surface area contributed by atoms with Crippen LogP contribution in [0.4, 0.5) is 10.1 Å². The molecule has 1 fully saturated rings. The van der Waals surface area contributed by atoms with Crippen LogP contribution in [0.1, 0.15) is 31.4 Å². The molecular weight excluding hydrogens is 510 g/mol. The van der Waals surface area contributed by atoms with Crippen LogP contribution in [0.5, 0.6) is 5.75 Å². The van der Waals surface area contributed by atoms with Gasteiger partial charge in [-0.25, -0.2) is 4.39 Å². The zero-order chi connectivity index (χ0) is 21.3. The van der Waals surface area contributed by atoms with Gasteiger partial charge in [0.2, 0.25) is 0 Å². The summed E-state index contributed by atoms with van der Waals surface area (Å²) in [4.78, 5) is 6.77. The Bertz CT molecular complexity index is 852. The molecule has 0 aliphatic carbocycles. The number of nitrogens with zero attached hydrogens (tertiary/aromatic N) is 2. The van der Waals surface area contributed by atoms with Crippen LogP contribution >= 0.6 is 24.0 Å². The van der Waals surface area contributed by atoms with Crippen LogP contribution in [0, 0.1) is 5.82 Å². The number of aliphatic imine (C=N–C) groups is 1. The highest BCUT2D eigenvalue weighted by Crippen LogP contribution is 2.21. The number of piperidine rings is 1. The van der Waals surface area contributed by atoms with Gasteiger partial charge in [-0.2, -0.15) is 0 Å². The third-order valence-electron chi connectivity index (χ3n) is 5.18. The van der Waals surface area contributed by atoms with Crippen LogP contribution in [-0.2, 0) is 0 Å². The van der Waals surface area contributed by atoms with Gasteiger partial charge in [0.1, 0.15) is 11.6 Å². The average Bonchev–Trinajstić information content (AvgIpc) is 2.77. The number of aliphatic hydroxyl groups is 1. The number of rotatable bonds is 7. The van der Waals surface area contributed by atoms with E-state index in [1.54, 1.807) is 19.2 Å². The molecule has 0 spiro atoms. The van der Waals surface area contributed by atoms with E-state index in [0.29, 0.717) is 11.7 Å². The Kier molecular flexibility index (Phi) is 10.3. The van der Waals surface area contributed by atoms with Gasteiger partial charge in [-0.3, -0.25) is 4.99 Å². The average molecular weight is 542 g/mol. The molecule has 2 unspecified atom stereocenters. The molecule has 3 N–H and O–H groups in total. The van der Waals surface area contributed by atoms with E-state index >= 15 is 0 Å². The SMILES string of the molecule is CCNC(=NCC(O)c1cccc(OC)c1)NC1CCCN(c2cccc(F)c2)C1.I. The van der Waals surface area contributed by atoms with Crippen molar-refractivity contribution in [2.24, 2.45) is 4.99 Å². The molecule has 0 amide bonds. The van der Waals surface area contributed by atoms with Gasteiger partial charge in [0, 0.05) is 31.4 Å². The second kappa shape index (κ2) is 12.7. The van der Waals surface area contributed by atoms with Gasteiger partial charge in [0.25, 0.3) is 0 Å². The van der Waals surface area contributed by atoms with Gasteiger partial charge in [0.15, 0.2) is 5.96 Å². The molecular formula is C23H32FIN4O2. The van der Waals surface area contributed by atoms with Crippen molar-refractivity contribution in [2.75, 3.05) is 38.2 Å². The Morgan fingerprint density at radius 2 is 2.10 bits per heavy atom. The summed E-state index contributed by atoms with van der Waals surface area (Å²) in [5.74, 6) is 1.16. The summed E-state index contributed by atoms with van der Waals surface area (Å²) in [5.41, 5.74) is 1.67. The molecule has 2 aromatic rings. The number of methoxy groups -OCH3 is 1. The van der Waals surface area contributed by atoms with Crippen LogP contribution in [-0.4, -0.2) is 50.4 Å². The highest BCUT2D eigenvalue weighted by atomic mass is 127. The molecule has 2 aromatic carbocycles. The lowest BCUT2D eigenvalue weighted by Crippen LogP contribution is -2.51. The number of hydrogen-bond acceptors (Lipinski definition) is 4. The minimum Gasteiger partial charge on any atom is -0.497 e. The summed E-state index contributed by atoms with van der Waals surface area (Å²) < 4.78 is 18.8. The summed E-state index contributed by atoms with van der Waals surface area (Å²) in [6.07, 6.45) is 1.31. The third kappa shape index (κ3) is 7.53. The Balaban J connectivity index is 0.00000341. The lowest BCUT2D eigenvalue weighted by molar-refractivity contribution is 0.186. The molecule has 170 valence electrons. The number of anilines is 1. The number of hydrogen-bond donors (Lipinski definition) is 3. The van der Waals surface area contributed by atoms with Crippen molar-refractivity contribution < 1.29 is 14.2 Å². The number of guanidine groups is 1. The van der Waals surface area contributed by atoms with Gasteiger partial charge in [0.05, 0.1) is 19.8 Å². The van der Waals surface area contributed by atoms with E-state index in [2.05, 4.69) is 20.5 Å². The summed E-state index contributed by atoms with van der Waals surface area (Å²) in [6, 6.07) is 14.3. The van der Waals surface area contributed by atoms with E-state index in [-0.39, 0.29) is 42.4 Å². The molecule has 0 radical (unpaired) electrons. The zero-order valence-corrected chi connectivity index (χ0v) is 20.4. The topological polar surface area (TPSA) is 69.1 Å². The Morgan fingerprint density at radius 1 is 1.29 bits per heavy atom. The fraction of sp³-hybridized carbons (Fsp3) is 0.435. The second-order valence-corrected chi connectivity index (χ2v) is 7.42. The van der Waals surface area contributed by atoms with Crippen LogP contribution in [0.25, 0.3) is 0 Å². The van der Waals surface area contributed by atoms with Crippen LogP contribution in [0.15, 0.2) is 53.5 Å². The predicted molar refractivity (Wildman–Crippen MR) is 134 cm³/mol. The number of ether oxygens (including phenoxy) is 1. The molecule has 8 heteroatoms. The molecule has 31 heavy (non-hydrogen) atoms. The highest BCUT2D eigenvalue weighted by Gasteiger charge is 2.21. The summed E-state index contributed by atoms with van der Waals surface area (Å²) >= 11 is 0. The molecule has 2 atom stereocenters. The van der Waals surface area contributed by atoms with Gasteiger partial charge < -0.3 is 25.4 Å². The zero-order valence-electron chi connectivity index (χ0n) is 18.1. The first-order valence-corrected chi connectivity index (χ1v) is 10.5. The van der Waals surface area contributed by atoms with Gasteiger partial charge in [-0.05, 0) is 55.7 Å². The Labute approximate surface area is 200 Å². The first kappa shape index (κ1) is 25.2. The monoisotopic (exact) mass is 542 g/mol. The van der Waals surface area contributed by atoms with E-state index < -0.39 is 6.10 Å². The lowest BCUT2D eigenvalue weighted by Gasteiger charge is -2.35. The van der Waals surface area contributed by atoms with Crippen molar-refractivity contribution in [3.63, 3.8) is 0 Å². The van der Waals surface area contributed by atoms with Crippen molar-refractivity contribution in [2.45, 2.75) is 31.9 Å². The van der Waals surface area contributed by atoms with Gasteiger partial charge >= 0.3 is 0 Å². The maximum absolute atomic E-state index is 13.6. The summed E-state index contributed by atoms with van der Waals surface area (Å²) in [5, 5.41) is 17.2. The molecule has 0 saturated carbocycles. The smallest absolute Gasteiger partial charge is 0.191 e. The van der Waals surface area contributed by atoms with E-state index in [1.165, 1.54) is 6.07 Å². The van der Waals surface area contributed by atoms with Crippen molar-refractivity contribution in [3.05, 3.63) is 59.9 Å². The van der Waals surface area contributed by atoms with Crippen LogP contribution in [0.3, 0.4) is 0 Å². The maximum atomic E-state index is 13.6. The van der Waals surface area contributed by atoms with E-state index in [9.17, 15) is 9.50 Å². The third-order valence-corrected chi connectivity index (χ3v) is 5.18. The molecule has 1 aliphatic heterocycles. The first-order valence-electron chi connectivity index (χ1n) is 10.5. The fourth-order valence-electron chi connectivity index (χ4n) is 3.65. The molecule has 3 rings (SSSR count). The fourth-order valence-corrected chi connectivity index (χ4v) is 3.65. The van der Waals surface area contributed by atoms with Crippen molar-refractivity contribution in [1.82, 2.24) is 10.6 Å². The highest BCUT2D eigenvalue weighted by molar-refractivity contribution is 14.0. The minimum atomic E-state index is -0.717. The number of aliphatic hydroxyl groups excluding tert-OH is 1. The van der Waals surface area contributed by atoms with E-state index in [0.717, 1.165) is 43.7 Å². The van der Waals surface area contributed by atoms with Crippen LogP contribution < -0.4 is 20.3 Å². The Hall–Kier alpha value is -2.07. The molecule has 6 nitrogen and oxygen atoms in total. The summed E-state index contributed by atoms with van der Waals surface area (Å²) in [6.45, 7) is 4.65. The molecule has 1 heterocycles. The van der Waals surface area contributed by atoms with E-state index in [4.69, 9.17) is 4.74 Å². The van der Waals surface area contributed by atoms with Gasteiger partial charge in [-0.15, -0.1) is 24.0 Å². The Morgan fingerprint density at radius 3 is 2.84 bits per heavy atom. The van der Waals surface area contributed by atoms with Crippen molar-refractivity contribution in [1.29, 1.82) is 0 Å². The number of nitrogens with one attached hydrogen (secondary N) is 2. The molecule has 0 aromatic heterocycles. The number of halogens is 2. The second-order valence-electron chi connectivity index (χ2n) is 7.42. The van der Waals surface area contributed by atoms with Gasteiger partial charge in [-0.1, -0.05) is 18.2 Å². The standard InChI is InChI=1S/C23H31FN4O2.HI/c1-3-25-23(26-15-22(29)17-7-4-11-21(13-17)30-2)27-19-9-6-12-28(16-19)20-10-5-8-18(24)14-20;/h4-5,7-8,10-11,13-14,19,22,29H,3,6,9,12,15-16H2,1-2H3,(H2,25,26,27);1H. The molecule has 0 bridgehead atoms. The minimum absolute atomic E-state index is 0.